The van der Waals surface area contributed by atoms with Crippen molar-refractivity contribution < 1.29 is 19.2 Å². The van der Waals surface area contributed by atoms with Gasteiger partial charge in [-0.05, 0) is 38.2 Å². The number of nitro groups is 1. The number of nitrogens with one attached hydrogen (secondary N) is 2. The second-order valence-corrected chi connectivity index (χ2v) is 7.29. The van der Waals surface area contributed by atoms with Gasteiger partial charge < -0.3 is 15.4 Å². The van der Waals surface area contributed by atoms with Crippen molar-refractivity contribution in [2.24, 2.45) is 0 Å². The molecular weight excluding hydrogens is 362 g/mol. The van der Waals surface area contributed by atoms with Gasteiger partial charge in [-0.2, -0.15) is 0 Å². The Balaban J connectivity index is 1.85. The summed E-state index contributed by atoms with van der Waals surface area (Å²) in [6.07, 6.45) is 7.08. The number of rotatable bonds is 4. The molecule has 0 unspecified atom stereocenters. The van der Waals surface area contributed by atoms with Gasteiger partial charge in [0, 0.05) is 17.8 Å². The third-order valence-electron chi connectivity index (χ3n) is 5.23. The zero-order valence-electron chi connectivity index (χ0n) is 15.9. The van der Waals surface area contributed by atoms with Crippen LogP contribution in [0.1, 0.15) is 63.5 Å². The Labute approximate surface area is 163 Å². The molecule has 28 heavy (non-hydrogen) atoms. The monoisotopic (exact) mass is 387 g/mol. The van der Waals surface area contributed by atoms with Crippen LogP contribution in [0.4, 0.5) is 10.5 Å². The third kappa shape index (κ3) is 4.68. The molecule has 1 fully saturated rings. The van der Waals surface area contributed by atoms with Crippen molar-refractivity contribution in [2.45, 2.75) is 64.0 Å². The van der Waals surface area contributed by atoms with Crippen LogP contribution in [0.3, 0.4) is 0 Å². The first-order chi connectivity index (χ1) is 13.5. The smallest absolute Gasteiger partial charge is 0.338 e. The summed E-state index contributed by atoms with van der Waals surface area (Å²) in [5.41, 5.74) is 1.04. The quantitative estimate of drug-likeness (QED) is 0.463. The van der Waals surface area contributed by atoms with Crippen LogP contribution in [-0.4, -0.2) is 23.0 Å². The standard InChI is InChI=1S/C20H25N3O5/c1-13-17(19(24)28-16-10-5-3-2-4-6-11-16)18(22-20(25)21-13)14-8-7-9-15(12-14)23(26)27/h7-9,12,16,18H,2-6,10-11H2,1H3,(H2,21,22,25)/t18-/m1/s1. The van der Waals surface area contributed by atoms with Gasteiger partial charge in [-0.1, -0.05) is 31.4 Å². The second kappa shape index (κ2) is 8.86. The van der Waals surface area contributed by atoms with Crippen LogP contribution in [-0.2, 0) is 9.53 Å². The minimum absolute atomic E-state index is 0.101. The highest BCUT2D eigenvalue weighted by atomic mass is 16.6. The summed E-state index contributed by atoms with van der Waals surface area (Å²) in [5, 5.41) is 16.4. The largest absolute Gasteiger partial charge is 0.459 e. The van der Waals surface area contributed by atoms with Crippen molar-refractivity contribution in [1.29, 1.82) is 0 Å². The van der Waals surface area contributed by atoms with E-state index in [-0.39, 0.29) is 17.4 Å². The van der Waals surface area contributed by atoms with Gasteiger partial charge in [-0.3, -0.25) is 10.1 Å². The van der Waals surface area contributed by atoms with Crippen molar-refractivity contribution in [3.05, 3.63) is 51.2 Å². The molecule has 1 aromatic carbocycles. The number of allylic oxidation sites excluding steroid dienone is 1. The summed E-state index contributed by atoms with van der Waals surface area (Å²) in [7, 11) is 0. The van der Waals surface area contributed by atoms with Crippen LogP contribution in [0.2, 0.25) is 0 Å². The summed E-state index contributed by atoms with van der Waals surface area (Å²) in [6, 6.07) is 4.67. The zero-order chi connectivity index (χ0) is 20.1. The van der Waals surface area contributed by atoms with Crippen LogP contribution in [0.15, 0.2) is 35.5 Å². The molecule has 1 aliphatic carbocycles. The number of benzene rings is 1. The van der Waals surface area contributed by atoms with Crippen LogP contribution in [0.5, 0.6) is 0 Å². The van der Waals surface area contributed by atoms with E-state index < -0.39 is 23.0 Å². The minimum Gasteiger partial charge on any atom is -0.459 e. The lowest BCUT2D eigenvalue weighted by Crippen LogP contribution is -2.45. The molecule has 0 spiro atoms. The van der Waals surface area contributed by atoms with E-state index >= 15 is 0 Å². The molecule has 2 amide bonds. The first-order valence-corrected chi connectivity index (χ1v) is 9.69. The summed E-state index contributed by atoms with van der Waals surface area (Å²) in [5.74, 6) is -0.493. The highest BCUT2D eigenvalue weighted by molar-refractivity contribution is 5.95. The molecule has 1 heterocycles. The average molecular weight is 387 g/mol. The average Bonchev–Trinajstić information content (AvgIpc) is 2.63. The molecule has 8 nitrogen and oxygen atoms in total. The fourth-order valence-corrected chi connectivity index (χ4v) is 3.78. The molecular formula is C20H25N3O5. The molecule has 0 bridgehead atoms. The van der Waals surface area contributed by atoms with Gasteiger partial charge >= 0.3 is 12.0 Å². The first-order valence-electron chi connectivity index (χ1n) is 9.69. The van der Waals surface area contributed by atoms with Gasteiger partial charge in [0.15, 0.2) is 0 Å². The molecule has 8 heteroatoms. The Morgan fingerprint density at radius 3 is 2.54 bits per heavy atom. The summed E-state index contributed by atoms with van der Waals surface area (Å²) < 4.78 is 5.78. The number of ether oxygens (including phenoxy) is 1. The predicted octanol–water partition coefficient (Wildman–Crippen LogP) is 3.88. The number of carbonyl (C=O) groups excluding carboxylic acids is 2. The Bertz CT molecular complexity index is 797. The highest BCUT2D eigenvalue weighted by Gasteiger charge is 2.34. The van der Waals surface area contributed by atoms with Crippen molar-refractivity contribution >= 4 is 17.7 Å². The summed E-state index contributed by atoms with van der Waals surface area (Å²) in [4.78, 5) is 35.6. The van der Waals surface area contributed by atoms with E-state index in [0.29, 0.717) is 11.3 Å². The molecule has 2 aliphatic rings. The van der Waals surface area contributed by atoms with Crippen LogP contribution in [0, 0.1) is 10.1 Å². The van der Waals surface area contributed by atoms with E-state index in [9.17, 15) is 19.7 Å². The second-order valence-electron chi connectivity index (χ2n) is 7.29. The number of hydrogen-bond donors (Lipinski definition) is 2. The van der Waals surface area contributed by atoms with Crippen molar-refractivity contribution in [3.63, 3.8) is 0 Å². The Hall–Kier alpha value is -2.90. The highest BCUT2D eigenvalue weighted by Crippen LogP contribution is 2.31. The number of carbonyl (C=O) groups is 2. The van der Waals surface area contributed by atoms with Gasteiger partial charge in [0.25, 0.3) is 5.69 Å². The molecule has 3 rings (SSSR count). The first kappa shape index (κ1) is 19.9. The molecule has 0 aromatic heterocycles. The van der Waals surface area contributed by atoms with E-state index in [1.165, 1.54) is 24.6 Å². The SMILES string of the molecule is CC1=C(C(=O)OC2CCCCCCC2)[C@@H](c2cccc([N+](=O)[O-])c2)NC(=O)N1. The van der Waals surface area contributed by atoms with E-state index in [0.717, 1.165) is 38.5 Å². The Kier molecular flexibility index (Phi) is 6.28. The van der Waals surface area contributed by atoms with E-state index in [4.69, 9.17) is 4.74 Å². The molecule has 1 saturated carbocycles. The number of amides is 2. The zero-order valence-corrected chi connectivity index (χ0v) is 15.9. The van der Waals surface area contributed by atoms with Crippen molar-refractivity contribution in [2.75, 3.05) is 0 Å². The Morgan fingerprint density at radius 2 is 1.86 bits per heavy atom. The minimum atomic E-state index is -0.797. The number of nitrogens with zero attached hydrogens (tertiary/aromatic N) is 1. The van der Waals surface area contributed by atoms with E-state index in [1.54, 1.807) is 13.0 Å². The maximum Gasteiger partial charge on any atom is 0.338 e. The van der Waals surface area contributed by atoms with Crippen molar-refractivity contribution in [3.8, 4) is 0 Å². The van der Waals surface area contributed by atoms with Crippen LogP contribution >= 0.6 is 0 Å². The van der Waals surface area contributed by atoms with Gasteiger partial charge in [0.1, 0.15) is 6.10 Å². The fraction of sp³-hybridized carbons (Fsp3) is 0.500. The topological polar surface area (TPSA) is 111 Å². The van der Waals surface area contributed by atoms with Gasteiger partial charge in [0.05, 0.1) is 16.5 Å². The molecule has 2 N–H and O–H groups in total. The maximum absolute atomic E-state index is 13.0. The molecule has 0 saturated heterocycles. The summed E-state index contributed by atoms with van der Waals surface area (Å²) in [6.45, 7) is 1.64. The molecule has 0 radical (unpaired) electrons. The van der Waals surface area contributed by atoms with E-state index in [2.05, 4.69) is 10.6 Å². The number of esters is 1. The van der Waals surface area contributed by atoms with Gasteiger partial charge in [0.2, 0.25) is 0 Å². The number of non-ortho nitro benzene ring substituents is 1. The number of urea groups is 1. The van der Waals surface area contributed by atoms with Crippen LogP contribution in [0.25, 0.3) is 0 Å². The Morgan fingerprint density at radius 1 is 1.18 bits per heavy atom. The van der Waals surface area contributed by atoms with Crippen LogP contribution < -0.4 is 10.6 Å². The van der Waals surface area contributed by atoms with Gasteiger partial charge in [-0.15, -0.1) is 0 Å². The van der Waals surface area contributed by atoms with Gasteiger partial charge in [-0.25, -0.2) is 9.59 Å². The molecule has 1 aliphatic heterocycles. The maximum atomic E-state index is 13.0. The number of nitro benzene ring substituents is 1. The lowest BCUT2D eigenvalue weighted by Gasteiger charge is -2.29. The molecule has 150 valence electrons. The third-order valence-corrected chi connectivity index (χ3v) is 5.23. The number of hydrogen-bond acceptors (Lipinski definition) is 5. The van der Waals surface area contributed by atoms with E-state index in [1.807, 2.05) is 0 Å². The normalized spacial score (nSPS) is 21.2. The summed E-state index contributed by atoms with van der Waals surface area (Å²) >= 11 is 0. The molecule has 1 aromatic rings. The predicted molar refractivity (Wildman–Crippen MR) is 102 cm³/mol. The van der Waals surface area contributed by atoms with Crippen molar-refractivity contribution in [1.82, 2.24) is 10.6 Å². The fourth-order valence-electron chi connectivity index (χ4n) is 3.78. The lowest BCUT2D eigenvalue weighted by atomic mass is 9.94. The lowest BCUT2D eigenvalue weighted by molar-refractivity contribution is -0.384. The molecule has 1 atom stereocenters.